The zero-order valence-corrected chi connectivity index (χ0v) is 16.8. The molecule has 27 heavy (non-hydrogen) atoms. The number of nitrogens with one attached hydrogen (secondary N) is 2. The molecule has 1 aromatic carbocycles. The van der Waals surface area contributed by atoms with Crippen LogP contribution in [0, 0.1) is 5.82 Å². The highest BCUT2D eigenvalue weighted by atomic mass is 35.5. The molecule has 1 unspecified atom stereocenters. The van der Waals surface area contributed by atoms with E-state index in [1.807, 2.05) is 39.2 Å². The molecular weight excluding hydrogens is 365 g/mol. The average Bonchev–Trinajstić information content (AvgIpc) is 2.64. The van der Waals surface area contributed by atoms with Crippen LogP contribution in [0.4, 0.5) is 4.39 Å². The van der Waals surface area contributed by atoms with Crippen molar-refractivity contribution in [2.24, 2.45) is 4.99 Å². The monoisotopic (exact) mass is 391 g/mol. The molecule has 0 saturated carbocycles. The number of aromatic nitrogens is 1. The van der Waals surface area contributed by atoms with Crippen molar-refractivity contribution in [2.75, 3.05) is 33.7 Å². The van der Waals surface area contributed by atoms with Crippen LogP contribution in [0.3, 0.4) is 0 Å². The summed E-state index contributed by atoms with van der Waals surface area (Å²) in [6.45, 7) is 4.11. The van der Waals surface area contributed by atoms with E-state index in [-0.39, 0.29) is 11.9 Å². The smallest absolute Gasteiger partial charge is 0.191 e. The molecule has 0 aliphatic heterocycles. The Balaban J connectivity index is 1.97. The van der Waals surface area contributed by atoms with Crippen LogP contribution in [0.1, 0.15) is 24.1 Å². The van der Waals surface area contributed by atoms with Gasteiger partial charge >= 0.3 is 0 Å². The van der Waals surface area contributed by atoms with Crippen LogP contribution < -0.4 is 10.6 Å². The first-order chi connectivity index (χ1) is 13.0. The van der Waals surface area contributed by atoms with Gasteiger partial charge in [-0.25, -0.2) is 9.37 Å². The lowest BCUT2D eigenvalue weighted by atomic mass is 10.1. The molecule has 0 radical (unpaired) electrons. The first-order valence-electron chi connectivity index (χ1n) is 9.04. The Morgan fingerprint density at radius 1 is 1.19 bits per heavy atom. The lowest BCUT2D eigenvalue weighted by Crippen LogP contribution is -2.39. The summed E-state index contributed by atoms with van der Waals surface area (Å²) in [6.07, 6.45) is 2.61. The third-order valence-electron chi connectivity index (χ3n) is 4.14. The van der Waals surface area contributed by atoms with Crippen molar-refractivity contribution in [3.05, 3.63) is 64.7 Å². The van der Waals surface area contributed by atoms with E-state index in [0.29, 0.717) is 11.7 Å². The molecule has 2 aromatic rings. The Hall–Kier alpha value is -2.18. The molecule has 1 heterocycles. The van der Waals surface area contributed by atoms with Crippen molar-refractivity contribution >= 4 is 17.6 Å². The lowest BCUT2D eigenvalue weighted by Gasteiger charge is -2.23. The number of nitrogens with zero attached hydrogens (tertiary/aromatic N) is 3. The van der Waals surface area contributed by atoms with Crippen LogP contribution >= 0.6 is 11.6 Å². The fraction of sp³-hybridized carbons (Fsp3) is 0.400. The standard InChI is InChI=1S/C20H27ClFN5/c1-4-23-20(24-12-11-15-5-10-19(21)25-13-15)26-14-18(27(2)3)16-6-8-17(22)9-7-16/h5-10,13,18H,4,11-12,14H2,1-3H3,(H2,23,24,26). The van der Waals surface area contributed by atoms with Crippen molar-refractivity contribution in [3.8, 4) is 0 Å². The number of guanidine groups is 1. The number of hydrogen-bond acceptors (Lipinski definition) is 3. The molecule has 2 N–H and O–H groups in total. The normalized spacial score (nSPS) is 12.9. The van der Waals surface area contributed by atoms with Gasteiger partial charge in [-0.05, 0) is 56.8 Å². The number of likely N-dealkylation sites (N-methyl/N-ethyl adjacent to an activating group) is 1. The van der Waals surface area contributed by atoms with Gasteiger partial charge in [0.1, 0.15) is 11.0 Å². The van der Waals surface area contributed by atoms with Gasteiger partial charge in [-0.15, -0.1) is 0 Å². The Kier molecular flexibility index (Phi) is 8.48. The number of halogens is 2. The molecule has 0 fully saturated rings. The number of aliphatic imine (C=N–C) groups is 1. The summed E-state index contributed by atoms with van der Waals surface area (Å²) in [7, 11) is 3.99. The third-order valence-corrected chi connectivity index (χ3v) is 4.36. The van der Waals surface area contributed by atoms with Crippen molar-refractivity contribution in [3.63, 3.8) is 0 Å². The van der Waals surface area contributed by atoms with Gasteiger partial charge < -0.3 is 15.5 Å². The Morgan fingerprint density at radius 2 is 1.93 bits per heavy atom. The molecule has 5 nitrogen and oxygen atoms in total. The third kappa shape index (κ3) is 7.15. The van der Waals surface area contributed by atoms with Gasteiger partial charge in [0.05, 0.1) is 12.6 Å². The molecular formula is C20H27ClFN5. The SMILES string of the molecule is CCNC(=NCC(c1ccc(F)cc1)N(C)C)NCCc1ccc(Cl)nc1. The molecule has 1 aromatic heterocycles. The van der Waals surface area contributed by atoms with Crippen molar-refractivity contribution in [2.45, 2.75) is 19.4 Å². The largest absolute Gasteiger partial charge is 0.357 e. The van der Waals surface area contributed by atoms with Gasteiger partial charge in [0, 0.05) is 19.3 Å². The van der Waals surface area contributed by atoms with E-state index in [9.17, 15) is 4.39 Å². The first kappa shape index (κ1) is 21.1. The van der Waals surface area contributed by atoms with E-state index in [0.717, 1.165) is 36.6 Å². The van der Waals surface area contributed by atoms with Crippen molar-refractivity contribution in [1.82, 2.24) is 20.5 Å². The van der Waals surface area contributed by atoms with Crippen LogP contribution in [-0.2, 0) is 6.42 Å². The summed E-state index contributed by atoms with van der Waals surface area (Å²) in [4.78, 5) is 10.9. The van der Waals surface area contributed by atoms with Crippen LogP contribution in [0.2, 0.25) is 5.15 Å². The summed E-state index contributed by atoms with van der Waals surface area (Å²) in [5, 5.41) is 7.09. The fourth-order valence-corrected chi connectivity index (χ4v) is 2.76. The summed E-state index contributed by atoms with van der Waals surface area (Å²) in [5.41, 5.74) is 2.15. The highest BCUT2D eigenvalue weighted by molar-refractivity contribution is 6.29. The highest BCUT2D eigenvalue weighted by Gasteiger charge is 2.14. The molecule has 146 valence electrons. The van der Waals surface area contributed by atoms with Gasteiger partial charge in [-0.1, -0.05) is 29.8 Å². The first-order valence-corrected chi connectivity index (χ1v) is 9.42. The Morgan fingerprint density at radius 3 is 2.52 bits per heavy atom. The second-order valence-electron chi connectivity index (χ2n) is 6.42. The predicted molar refractivity (Wildman–Crippen MR) is 110 cm³/mol. The molecule has 0 aliphatic carbocycles. The fourth-order valence-electron chi connectivity index (χ4n) is 2.65. The highest BCUT2D eigenvalue weighted by Crippen LogP contribution is 2.18. The second kappa shape index (κ2) is 10.8. The average molecular weight is 392 g/mol. The maximum absolute atomic E-state index is 13.2. The van der Waals surface area contributed by atoms with Crippen LogP contribution in [-0.4, -0.2) is 49.6 Å². The minimum Gasteiger partial charge on any atom is -0.357 e. The van der Waals surface area contributed by atoms with Gasteiger partial charge in [-0.2, -0.15) is 0 Å². The summed E-state index contributed by atoms with van der Waals surface area (Å²) in [6, 6.07) is 10.4. The number of hydrogen-bond donors (Lipinski definition) is 2. The topological polar surface area (TPSA) is 52.6 Å². The molecule has 1 atom stereocenters. The molecule has 0 amide bonds. The molecule has 0 bridgehead atoms. The van der Waals surface area contributed by atoms with E-state index in [4.69, 9.17) is 16.6 Å². The minimum atomic E-state index is -0.230. The van der Waals surface area contributed by atoms with Crippen molar-refractivity contribution < 1.29 is 4.39 Å². The quantitative estimate of drug-likeness (QED) is 0.412. The minimum absolute atomic E-state index is 0.0709. The van der Waals surface area contributed by atoms with Crippen molar-refractivity contribution in [1.29, 1.82) is 0 Å². The maximum Gasteiger partial charge on any atom is 0.191 e. The van der Waals surface area contributed by atoms with E-state index >= 15 is 0 Å². The maximum atomic E-state index is 13.2. The summed E-state index contributed by atoms with van der Waals surface area (Å²) in [5.74, 6) is 0.528. The molecule has 0 aliphatic rings. The molecule has 0 spiro atoms. The zero-order valence-electron chi connectivity index (χ0n) is 16.0. The Labute approximate surface area is 165 Å². The van der Waals surface area contributed by atoms with Gasteiger partial charge in [0.2, 0.25) is 0 Å². The van der Waals surface area contributed by atoms with Crippen LogP contribution in [0.15, 0.2) is 47.6 Å². The van der Waals surface area contributed by atoms with Crippen LogP contribution in [0.25, 0.3) is 0 Å². The van der Waals surface area contributed by atoms with E-state index in [1.54, 1.807) is 12.3 Å². The summed E-state index contributed by atoms with van der Waals surface area (Å²) >= 11 is 5.81. The molecule has 2 rings (SSSR count). The number of benzene rings is 1. The summed E-state index contributed by atoms with van der Waals surface area (Å²) < 4.78 is 13.2. The molecule has 7 heteroatoms. The Bertz CT molecular complexity index is 716. The van der Waals surface area contributed by atoms with Gasteiger partial charge in [0.25, 0.3) is 0 Å². The van der Waals surface area contributed by atoms with Gasteiger partial charge in [0.15, 0.2) is 5.96 Å². The van der Waals surface area contributed by atoms with E-state index in [2.05, 4.69) is 20.5 Å². The van der Waals surface area contributed by atoms with Crippen LogP contribution in [0.5, 0.6) is 0 Å². The predicted octanol–water partition coefficient (Wildman–Crippen LogP) is 3.27. The number of rotatable bonds is 8. The number of pyridine rings is 1. The van der Waals surface area contributed by atoms with E-state index in [1.165, 1.54) is 12.1 Å². The second-order valence-corrected chi connectivity index (χ2v) is 6.80. The van der Waals surface area contributed by atoms with Gasteiger partial charge in [-0.3, -0.25) is 4.99 Å². The zero-order chi connectivity index (χ0) is 19.6. The lowest BCUT2D eigenvalue weighted by molar-refractivity contribution is 0.306. The van der Waals surface area contributed by atoms with E-state index < -0.39 is 0 Å². The molecule has 0 saturated heterocycles.